The average Bonchev–Trinajstić information content (AvgIpc) is 3.12. The van der Waals surface area contributed by atoms with E-state index in [0.29, 0.717) is 4.47 Å². The van der Waals surface area contributed by atoms with Crippen LogP contribution >= 0.6 is 15.9 Å². The summed E-state index contributed by atoms with van der Waals surface area (Å²) in [5.74, 6) is -3.94. The van der Waals surface area contributed by atoms with Gasteiger partial charge < -0.3 is 9.47 Å². The normalized spacial score (nSPS) is 25.8. The number of carbonyl (C=O) groups is 2. The number of ether oxygens (including phenoxy) is 2. The van der Waals surface area contributed by atoms with Gasteiger partial charge in [-0.2, -0.15) is 13.2 Å². The van der Waals surface area contributed by atoms with Crippen molar-refractivity contribution >= 4 is 27.9 Å². The van der Waals surface area contributed by atoms with Crippen molar-refractivity contribution in [3.05, 3.63) is 70.2 Å². The Morgan fingerprint density at radius 1 is 1.06 bits per heavy atom. The molecule has 2 aromatic rings. The molecule has 0 unspecified atom stereocenters. The van der Waals surface area contributed by atoms with Crippen LogP contribution in [0.2, 0.25) is 0 Å². The van der Waals surface area contributed by atoms with Crippen LogP contribution in [0.25, 0.3) is 0 Å². The molecule has 1 heterocycles. The van der Waals surface area contributed by atoms with Crippen LogP contribution in [0.4, 0.5) is 13.2 Å². The Labute approximate surface area is 186 Å². The van der Waals surface area contributed by atoms with Gasteiger partial charge in [0.25, 0.3) is 0 Å². The molecule has 166 valence electrons. The lowest BCUT2D eigenvalue weighted by Crippen LogP contribution is -2.53. The van der Waals surface area contributed by atoms with E-state index in [-0.39, 0.29) is 17.7 Å². The molecule has 5 nitrogen and oxygen atoms in total. The Morgan fingerprint density at radius 2 is 1.68 bits per heavy atom. The number of hydrogen-bond donors (Lipinski definition) is 1. The summed E-state index contributed by atoms with van der Waals surface area (Å²) in [4.78, 5) is 25.8. The number of alkyl halides is 3. The van der Waals surface area contributed by atoms with Gasteiger partial charge in [0, 0.05) is 10.4 Å². The highest BCUT2D eigenvalue weighted by Gasteiger charge is 2.76. The molecule has 0 saturated carbocycles. The summed E-state index contributed by atoms with van der Waals surface area (Å²) in [5.41, 5.74) is -2.69. The van der Waals surface area contributed by atoms with E-state index >= 15 is 0 Å². The predicted octanol–water partition coefficient (Wildman–Crippen LogP) is 4.53. The highest BCUT2D eigenvalue weighted by molar-refractivity contribution is 9.10. The van der Waals surface area contributed by atoms with Gasteiger partial charge in [-0.3, -0.25) is 14.9 Å². The van der Waals surface area contributed by atoms with Gasteiger partial charge in [0.1, 0.15) is 6.04 Å². The third kappa shape index (κ3) is 3.96. The van der Waals surface area contributed by atoms with Crippen molar-refractivity contribution < 1.29 is 32.2 Å². The fourth-order valence-corrected chi connectivity index (χ4v) is 4.53. The van der Waals surface area contributed by atoms with E-state index in [1.54, 1.807) is 30.3 Å². The van der Waals surface area contributed by atoms with Crippen molar-refractivity contribution in [3.63, 3.8) is 0 Å². The summed E-state index contributed by atoms with van der Waals surface area (Å²) in [7, 11) is 1.10. The van der Waals surface area contributed by atoms with Crippen LogP contribution < -0.4 is 5.32 Å². The maximum atomic E-state index is 15.0. The van der Waals surface area contributed by atoms with Gasteiger partial charge in [0.05, 0.1) is 19.8 Å². The Balaban J connectivity index is 2.35. The van der Waals surface area contributed by atoms with E-state index in [1.165, 1.54) is 31.2 Å². The number of rotatable bonds is 5. The molecule has 1 aliphatic heterocycles. The minimum absolute atomic E-state index is 0.176. The van der Waals surface area contributed by atoms with Gasteiger partial charge in [0.15, 0.2) is 5.41 Å². The quantitative estimate of drug-likeness (QED) is 0.612. The number of carbonyl (C=O) groups excluding carboxylic acids is 2. The average molecular weight is 500 g/mol. The van der Waals surface area contributed by atoms with E-state index < -0.39 is 41.5 Å². The maximum Gasteiger partial charge on any atom is 0.407 e. The SMILES string of the molecule is CCOC(=O)[C@@]1(C(F)(F)F)[C@H](c2ccccc2)[C@@H](C(=O)OC)N[C@H]1c1ccc(Br)cc1. The van der Waals surface area contributed by atoms with Crippen LogP contribution in [0.1, 0.15) is 30.0 Å². The molecule has 3 rings (SSSR count). The van der Waals surface area contributed by atoms with Crippen molar-refractivity contribution in [2.24, 2.45) is 5.41 Å². The van der Waals surface area contributed by atoms with E-state index in [4.69, 9.17) is 9.47 Å². The lowest BCUT2D eigenvalue weighted by atomic mass is 9.66. The summed E-state index contributed by atoms with van der Waals surface area (Å²) in [6.45, 7) is 1.20. The molecule has 0 aromatic heterocycles. The summed E-state index contributed by atoms with van der Waals surface area (Å²) < 4.78 is 55.4. The highest BCUT2D eigenvalue weighted by atomic mass is 79.9. The van der Waals surface area contributed by atoms with Crippen molar-refractivity contribution in [2.75, 3.05) is 13.7 Å². The molecule has 9 heteroatoms. The van der Waals surface area contributed by atoms with Crippen molar-refractivity contribution in [1.82, 2.24) is 5.32 Å². The predicted molar refractivity (Wildman–Crippen MR) is 110 cm³/mol. The van der Waals surface area contributed by atoms with Crippen LogP contribution in [0.15, 0.2) is 59.1 Å². The van der Waals surface area contributed by atoms with Crippen molar-refractivity contribution in [1.29, 1.82) is 0 Å². The second kappa shape index (κ2) is 9.00. The number of nitrogens with one attached hydrogen (secondary N) is 1. The molecule has 4 atom stereocenters. The third-order valence-corrected chi connectivity index (χ3v) is 6.05. The van der Waals surface area contributed by atoms with E-state index in [9.17, 15) is 22.8 Å². The van der Waals surface area contributed by atoms with Gasteiger partial charge >= 0.3 is 18.1 Å². The van der Waals surface area contributed by atoms with Crippen LogP contribution in [-0.4, -0.2) is 37.9 Å². The Bertz CT molecular complexity index is 936. The van der Waals surface area contributed by atoms with E-state index in [2.05, 4.69) is 21.2 Å². The molecule has 1 aliphatic rings. The lowest BCUT2D eigenvalue weighted by molar-refractivity contribution is -0.242. The number of hydrogen-bond acceptors (Lipinski definition) is 5. The van der Waals surface area contributed by atoms with Gasteiger partial charge in [-0.15, -0.1) is 0 Å². The first-order chi connectivity index (χ1) is 14.7. The fourth-order valence-electron chi connectivity index (χ4n) is 4.26. The Hall–Kier alpha value is -2.39. The molecule has 0 bridgehead atoms. The van der Waals surface area contributed by atoms with E-state index in [1.807, 2.05) is 0 Å². The summed E-state index contributed by atoms with van der Waals surface area (Å²) in [5, 5.41) is 2.75. The molecule has 0 spiro atoms. The number of methoxy groups -OCH3 is 1. The minimum Gasteiger partial charge on any atom is -0.468 e. The number of esters is 2. The molecule has 0 aliphatic carbocycles. The number of halogens is 4. The lowest BCUT2D eigenvalue weighted by Gasteiger charge is -2.39. The first-order valence-corrected chi connectivity index (χ1v) is 10.4. The molecular weight excluding hydrogens is 479 g/mol. The van der Waals surface area contributed by atoms with Crippen LogP contribution in [0.5, 0.6) is 0 Å². The zero-order chi connectivity index (χ0) is 22.8. The first-order valence-electron chi connectivity index (χ1n) is 9.56. The molecule has 31 heavy (non-hydrogen) atoms. The zero-order valence-electron chi connectivity index (χ0n) is 16.8. The van der Waals surface area contributed by atoms with Crippen LogP contribution in [-0.2, 0) is 19.1 Å². The van der Waals surface area contributed by atoms with Crippen molar-refractivity contribution in [2.45, 2.75) is 31.1 Å². The molecule has 0 amide bonds. The summed E-state index contributed by atoms with van der Waals surface area (Å²) in [6.07, 6.45) is -5.05. The Kier molecular flexibility index (Phi) is 6.76. The molecule has 0 radical (unpaired) electrons. The van der Waals surface area contributed by atoms with Gasteiger partial charge in [-0.05, 0) is 30.2 Å². The standard InChI is InChI=1S/C22H21BrF3NO4/c1-3-31-20(29)21(22(24,25)26)16(13-7-5-4-6-8-13)17(19(28)30-2)27-18(21)14-9-11-15(23)12-10-14/h4-12,16-18,27H,3H2,1-2H3/t16-,17+,18+,21-/m1/s1. The topological polar surface area (TPSA) is 64.6 Å². The molecule has 1 N–H and O–H groups in total. The number of benzene rings is 2. The second-order valence-electron chi connectivity index (χ2n) is 7.13. The van der Waals surface area contributed by atoms with Crippen molar-refractivity contribution in [3.8, 4) is 0 Å². The van der Waals surface area contributed by atoms with Gasteiger partial charge in [0.2, 0.25) is 0 Å². The van der Waals surface area contributed by atoms with Gasteiger partial charge in [-0.1, -0.05) is 58.4 Å². The van der Waals surface area contributed by atoms with Gasteiger partial charge in [-0.25, -0.2) is 0 Å². The monoisotopic (exact) mass is 499 g/mol. The molecule has 1 fully saturated rings. The molecule has 1 saturated heterocycles. The molecular formula is C22H21BrF3NO4. The highest BCUT2D eigenvalue weighted by Crippen LogP contribution is 2.61. The minimum atomic E-state index is -5.05. The zero-order valence-corrected chi connectivity index (χ0v) is 18.4. The summed E-state index contributed by atoms with van der Waals surface area (Å²) in [6, 6.07) is 10.8. The summed E-state index contributed by atoms with van der Waals surface area (Å²) >= 11 is 3.26. The third-order valence-electron chi connectivity index (χ3n) is 5.52. The second-order valence-corrected chi connectivity index (χ2v) is 8.04. The fraction of sp³-hybridized carbons (Fsp3) is 0.364. The largest absolute Gasteiger partial charge is 0.468 e. The van der Waals surface area contributed by atoms with Crippen LogP contribution in [0, 0.1) is 5.41 Å². The van der Waals surface area contributed by atoms with Crippen LogP contribution in [0.3, 0.4) is 0 Å². The van der Waals surface area contributed by atoms with E-state index in [0.717, 1.165) is 7.11 Å². The first kappa shape index (κ1) is 23.3. The maximum absolute atomic E-state index is 15.0. The Morgan fingerprint density at radius 3 is 2.19 bits per heavy atom. The smallest absolute Gasteiger partial charge is 0.407 e. The molecule has 2 aromatic carbocycles.